The normalized spacial score (nSPS) is 19.1. The molecule has 1 fully saturated rings. The number of anilines is 1. The van der Waals surface area contributed by atoms with E-state index in [2.05, 4.69) is 29.2 Å². The summed E-state index contributed by atoms with van der Waals surface area (Å²) in [5.74, 6) is 0.555. The van der Waals surface area contributed by atoms with Crippen LogP contribution in [0, 0.1) is 12.8 Å². The Morgan fingerprint density at radius 1 is 1.17 bits per heavy atom. The number of nitrogens with one attached hydrogen (secondary N) is 2. The molecule has 2 rings (SSSR count). The van der Waals surface area contributed by atoms with Crippen LogP contribution in [0.4, 0.5) is 10.5 Å². The average molecular weight is 402 g/mol. The summed E-state index contributed by atoms with van der Waals surface area (Å²) in [6.07, 6.45) is 10.4. The van der Waals surface area contributed by atoms with Crippen molar-refractivity contribution in [3.63, 3.8) is 0 Å². The van der Waals surface area contributed by atoms with Crippen molar-refractivity contribution >= 4 is 11.7 Å². The quantitative estimate of drug-likeness (QED) is 0.384. The molecule has 1 aliphatic rings. The van der Waals surface area contributed by atoms with Crippen LogP contribution in [0.2, 0.25) is 0 Å². The first-order valence-corrected chi connectivity index (χ1v) is 11.1. The highest BCUT2D eigenvalue weighted by Gasteiger charge is 2.21. The number of amides is 2. The number of likely N-dealkylation sites (N-methyl/N-ethyl adjacent to an activating group) is 1. The molecule has 0 aromatic heterocycles. The second-order valence-corrected chi connectivity index (χ2v) is 8.33. The molecule has 0 heterocycles. The van der Waals surface area contributed by atoms with Gasteiger partial charge in [-0.2, -0.15) is 0 Å². The number of rotatable bonds is 12. The zero-order valence-electron chi connectivity index (χ0n) is 18.3. The lowest BCUT2D eigenvalue weighted by Crippen LogP contribution is -2.35. The first-order valence-electron chi connectivity index (χ1n) is 11.1. The van der Waals surface area contributed by atoms with E-state index in [9.17, 15) is 4.79 Å². The third-order valence-electron chi connectivity index (χ3n) is 5.63. The Morgan fingerprint density at radius 3 is 2.59 bits per heavy atom. The summed E-state index contributed by atoms with van der Waals surface area (Å²) in [6.45, 7) is 9.50. The number of aryl methyl sites for hydroxylation is 1. The molecule has 1 aromatic carbocycles. The van der Waals surface area contributed by atoms with Gasteiger partial charge in [-0.1, -0.05) is 23.8 Å². The molecule has 0 radical (unpaired) electrons. The third-order valence-corrected chi connectivity index (χ3v) is 5.63. The molecule has 0 unspecified atom stereocenters. The summed E-state index contributed by atoms with van der Waals surface area (Å²) < 4.78 is 6.07. The summed E-state index contributed by atoms with van der Waals surface area (Å²) in [4.78, 5) is 14.4. The predicted octanol–water partition coefficient (Wildman–Crippen LogP) is 4.98. The highest BCUT2D eigenvalue weighted by atomic mass is 16.5. The van der Waals surface area contributed by atoms with Gasteiger partial charge in [0.15, 0.2) is 0 Å². The number of ether oxygens (including phenoxy) is 1. The molecule has 5 heteroatoms. The number of nitrogens with zero attached hydrogens (tertiary/aromatic N) is 1. The van der Waals surface area contributed by atoms with Crippen LogP contribution in [-0.2, 0) is 4.74 Å². The van der Waals surface area contributed by atoms with Crippen LogP contribution in [0.15, 0.2) is 36.9 Å². The van der Waals surface area contributed by atoms with Gasteiger partial charge in [0.05, 0.1) is 6.10 Å². The molecule has 1 saturated carbocycles. The van der Waals surface area contributed by atoms with Gasteiger partial charge in [-0.05, 0) is 83.5 Å². The van der Waals surface area contributed by atoms with Gasteiger partial charge < -0.3 is 20.3 Å². The number of carbonyl (C=O) groups is 1. The third kappa shape index (κ3) is 9.95. The van der Waals surface area contributed by atoms with E-state index in [4.69, 9.17) is 4.74 Å². The Kier molecular flexibility index (Phi) is 10.8. The Hall–Kier alpha value is -1.85. The van der Waals surface area contributed by atoms with Gasteiger partial charge in [0.1, 0.15) is 0 Å². The van der Waals surface area contributed by atoms with E-state index < -0.39 is 0 Å². The molecule has 2 N–H and O–H groups in total. The maximum atomic E-state index is 12.1. The second kappa shape index (κ2) is 13.4. The van der Waals surface area contributed by atoms with Crippen molar-refractivity contribution in [2.24, 2.45) is 5.92 Å². The number of hydrogen-bond donors (Lipinski definition) is 2. The molecular weight excluding hydrogens is 362 g/mol. The van der Waals surface area contributed by atoms with Crippen molar-refractivity contribution in [1.82, 2.24) is 10.2 Å². The van der Waals surface area contributed by atoms with E-state index in [1.165, 1.54) is 18.4 Å². The van der Waals surface area contributed by atoms with Crippen LogP contribution >= 0.6 is 0 Å². The molecule has 0 bridgehead atoms. The minimum absolute atomic E-state index is 0.119. The van der Waals surface area contributed by atoms with E-state index >= 15 is 0 Å². The molecule has 5 nitrogen and oxygen atoms in total. The van der Waals surface area contributed by atoms with Crippen molar-refractivity contribution in [2.75, 3.05) is 38.6 Å². The number of benzene rings is 1. The molecule has 2 amide bonds. The lowest BCUT2D eigenvalue weighted by molar-refractivity contribution is 0.0164. The molecule has 0 saturated heterocycles. The van der Waals surface area contributed by atoms with E-state index in [1.54, 1.807) is 0 Å². The van der Waals surface area contributed by atoms with E-state index in [0.717, 1.165) is 64.0 Å². The molecule has 162 valence electrons. The van der Waals surface area contributed by atoms with E-state index in [0.29, 0.717) is 12.0 Å². The van der Waals surface area contributed by atoms with Crippen LogP contribution in [0.5, 0.6) is 0 Å². The molecule has 0 aliphatic heterocycles. The molecule has 1 aromatic rings. The van der Waals surface area contributed by atoms with Crippen molar-refractivity contribution in [3.8, 4) is 0 Å². The van der Waals surface area contributed by atoms with Gasteiger partial charge in [0.25, 0.3) is 0 Å². The maximum Gasteiger partial charge on any atom is 0.319 e. The van der Waals surface area contributed by atoms with Crippen LogP contribution in [0.3, 0.4) is 0 Å². The topological polar surface area (TPSA) is 53.6 Å². The smallest absolute Gasteiger partial charge is 0.319 e. The van der Waals surface area contributed by atoms with E-state index in [-0.39, 0.29) is 6.03 Å². The fourth-order valence-electron chi connectivity index (χ4n) is 3.77. The van der Waals surface area contributed by atoms with Crippen LogP contribution < -0.4 is 10.6 Å². The Morgan fingerprint density at radius 2 is 1.90 bits per heavy atom. The van der Waals surface area contributed by atoms with Gasteiger partial charge in [-0.15, -0.1) is 6.58 Å². The summed E-state index contributed by atoms with van der Waals surface area (Å²) >= 11 is 0. The van der Waals surface area contributed by atoms with Crippen molar-refractivity contribution in [3.05, 3.63) is 42.5 Å². The van der Waals surface area contributed by atoms with Gasteiger partial charge in [0.2, 0.25) is 0 Å². The number of unbranched alkanes of at least 4 members (excludes halogenated alkanes) is 2. The Balaban J connectivity index is 1.49. The number of carbonyl (C=O) groups excluding carboxylic acids is 1. The number of hydrogen-bond acceptors (Lipinski definition) is 3. The summed E-state index contributed by atoms with van der Waals surface area (Å²) in [7, 11) is 2.14. The first-order chi connectivity index (χ1) is 14.1. The molecule has 29 heavy (non-hydrogen) atoms. The number of urea groups is 1. The van der Waals surface area contributed by atoms with Gasteiger partial charge in [0, 0.05) is 25.4 Å². The highest BCUT2D eigenvalue weighted by molar-refractivity contribution is 5.89. The highest BCUT2D eigenvalue weighted by Crippen LogP contribution is 2.26. The van der Waals surface area contributed by atoms with Crippen LogP contribution in [0.25, 0.3) is 0 Å². The molecule has 0 atom stereocenters. The summed E-state index contributed by atoms with van der Waals surface area (Å²) in [6, 6.07) is 7.73. The standard InChI is InChI=1S/C24H39N3O2/c1-4-16-27(3)17-6-5-7-18-29-23-14-10-21(11-15-23)19-25-24(28)26-22-12-8-20(2)9-13-22/h4,8-9,12-13,21,23H,1,5-7,10-11,14-19H2,2-3H3,(H2,25,26,28)/t21-,23-. The van der Waals surface area contributed by atoms with Crippen LogP contribution in [-0.4, -0.2) is 50.3 Å². The van der Waals surface area contributed by atoms with Gasteiger partial charge in [-0.3, -0.25) is 0 Å². The fraction of sp³-hybridized carbons (Fsp3) is 0.625. The lowest BCUT2D eigenvalue weighted by atomic mass is 9.87. The molecular formula is C24H39N3O2. The van der Waals surface area contributed by atoms with E-state index in [1.807, 2.05) is 37.3 Å². The monoisotopic (exact) mass is 401 g/mol. The molecule has 0 spiro atoms. The SMILES string of the molecule is C=CCN(C)CCCCCO[C@H]1CC[C@H](CNC(=O)Nc2ccc(C)cc2)CC1. The lowest BCUT2D eigenvalue weighted by Gasteiger charge is -2.28. The average Bonchev–Trinajstić information content (AvgIpc) is 2.72. The second-order valence-electron chi connectivity index (χ2n) is 8.33. The predicted molar refractivity (Wildman–Crippen MR) is 121 cm³/mol. The van der Waals surface area contributed by atoms with Crippen molar-refractivity contribution in [2.45, 2.75) is 58.0 Å². The Labute approximate surface area is 176 Å². The minimum Gasteiger partial charge on any atom is -0.378 e. The largest absolute Gasteiger partial charge is 0.378 e. The minimum atomic E-state index is -0.119. The first kappa shape index (κ1) is 23.4. The zero-order chi connectivity index (χ0) is 20.9. The summed E-state index contributed by atoms with van der Waals surface area (Å²) in [5.41, 5.74) is 2.02. The summed E-state index contributed by atoms with van der Waals surface area (Å²) in [5, 5.41) is 5.91. The Bertz CT molecular complexity index is 595. The fourth-order valence-corrected chi connectivity index (χ4v) is 3.77. The maximum absolute atomic E-state index is 12.1. The van der Waals surface area contributed by atoms with Crippen molar-refractivity contribution in [1.29, 1.82) is 0 Å². The van der Waals surface area contributed by atoms with Crippen molar-refractivity contribution < 1.29 is 9.53 Å². The molecule has 1 aliphatic carbocycles. The zero-order valence-corrected chi connectivity index (χ0v) is 18.3. The van der Waals surface area contributed by atoms with Crippen LogP contribution in [0.1, 0.15) is 50.5 Å². The van der Waals surface area contributed by atoms with Gasteiger partial charge in [-0.25, -0.2) is 4.79 Å². The van der Waals surface area contributed by atoms with Gasteiger partial charge >= 0.3 is 6.03 Å².